The van der Waals surface area contributed by atoms with E-state index >= 15 is 0 Å². The van der Waals surface area contributed by atoms with Crippen LogP contribution in [0.2, 0.25) is 5.02 Å². The van der Waals surface area contributed by atoms with Gasteiger partial charge in [-0.2, -0.15) is 4.98 Å². The fourth-order valence-corrected chi connectivity index (χ4v) is 4.05. The average molecular weight is 462 g/mol. The van der Waals surface area contributed by atoms with Gasteiger partial charge in [-0.1, -0.05) is 23.7 Å². The van der Waals surface area contributed by atoms with Crippen molar-refractivity contribution in [3.05, 3.63) is 89.3 Å². The molecule has 2 aromatic heterocycles. The maximum Gasteiger partial charge on any atom is 0.328 e. The Morgan fingerprint density at radius 2 is 1.82 bits per heavy atom. The molecule has 0 spiro atoms. The van der Waals surface area contributed by atoms with E-state index in [-0.39, 0.29) is 23.5 Å². The number of amides is 3. The average Bonchev–Trinajstić information content (AvgIpc) is 3.55. The maximum absolute atomic E-state index is 13.0. The minimum Gasteiger partial charge on any atom is -0.422 e. The fourth-order valence-electron chi connectivity index (χ4n) is 3.84. The first-order valence-corrected chi connectivity index (χ1v) is 10.7. The first kappa shape index (κ1) is 20.8. The molecule has 8 nitrogen and oxygen atoms in total. The summed E-state index contributed by atoms with van der Waals surface area (Å²) in [4.78, 5) is 32.4. The number of rotatable bonds is 6. The molecule has 0 aliphatic carbocycles. The molecule has 4 aromatic rings. The predicted molar refractivity (Wildman–Crippen MR) is 124 cm³/mol. The molecule has 166 valence electrons. The highest BCUT2D eigenvalue weighted by molar-refractivity contribution is 6.30. The third-order valence-corrected chi connectivity index (χ3v) is 5.70. The van der Waals surface area contributed by atoms with Crippen molar-refractivity contribution in [1.29, 1.82) is 0 Å². The minimum absolute atomic E-state index is 0.0141. The summed E-state index contributed by atoms with van der Waals surface area (Å²) >= 11 is 6.05. The number of carbonyl (C=O) groups is 2. The number of nitrogens with two attached hydrogens (primary N) is 1. The van der Waals surface area contributed by atoms with Gasteiger partial charge in [0.1, 0.15) is 0 Å². The highest BCUT2D eigenvalue weighted by Crippen LogP contribution is 2.31. The second kappa shape index (κ2) is 8.48. The molecule has 5 rings (SSSR count). The molecule has 2 aromatic carbocycles. The lowest BCUT2D eigenvalue weighted by Crippen LogP contribution is -2.31. The molecular weight excluding hydrogens is 442 g/mol. The van der Waals surface area contributed by atoms with Crippen LogP contribution < -0.4 is 10.6 Å². The van der Waals surface area contributed by atoms with Crippen molar-refractivity contribution in [2.45, 2.75) is 6.54 Å². The van der Waals surface area contributed by atoms with Crippen LogP contribution in [0.25, 0.3) is 17.0 Å². The number of halogens is 1. The summed E-state index contributed by atoms with van der Waals surface area (Å²) in [5.41, 5.74) is 8.06. The Hall–Kier alpha value is -4.04. The lowest BCUT2D eigenvalue weighted by atomic mass is 10.1. The van der Waals surface area contributed by atoms with E-state index in [1.54, 1.807) is 11.0 Å². The number of oxazole rings is 1. The van der Waals surface area contributed by atoms with E-state index in [2.05, 4.69) is 4.98 Å². The van der Waals surface area contributed by atoms with Gasteiger partial charge in [0, 0.05) is 48.3 Å². The largest absolute Gasteiger partial charge is 0.422 e. The summed E-state index contributed by atoms with van der Waals surface area (Å²) in [6.45, 7) is 1.28. The predicted octanol–water partition coefficient (Wildman–Crippen LogP) is 4.33. The smallest absolute Gasteiger partial charge is 0.328 e. The third kappa shape index (κ3) is 4.08. The SMILES string of the molecule is NC(=O)c1nc(N2CCN(Cc3cccc(Cl)c3)C2=O)oc1-c1ccc(-n2cccc2)cc1. The van der Waals surface area contributed by atoms with Gasteiger partial charge in [0.25, 0.3) is 5.91 Å². The monoisotopic (exact) mass is 461 g/mol. The molecule has 3 heterocycles. The van der Waals surface area contributed by atoms with Crippen molar-refractivity contribution in [2.75, 3.05) is 18.0 Å². The van der Waals surface area contributed by atoms with Crippen LogP contribution in [-0.4, -0.2) is 39.5 Å². The van der Waals surface area contributed by atoms with Crippen molar-refractivity contribution < 1.29 is 14.0 Å². The highest BCUT2D eigenvalue weighted by atomic mass is 35.5. The van der Waals surface area contributed by atoms with Crippen LogP contribution in [0.15, 0.2) is 77.5 Å². The molecule has 1 aliphatic rings. The fraction of sp³-hybridized carbons (Fsp3) is 0.125. The van der Waals surface area contributed by atoms with Crippen molar-refractivity contribution in [2.24, 2.45) is 5.73 Å². The molecule has 3 amide bonds. The summed E-state index contributed by atoms with van der Waals surface area (Å²) < 4.78 is 7.86. The molecule has 0 radical (unpaired) electrons. The summed E-state index contributed by atoms with van der Waals surface area (Å²) in [5.74, 6) is -0.491. The van der Waals surface area contributed by atoms with Gasteiger partial charge in [0.15, 0.2) is 11.5 Å². The Bertz CT molecular complexity index is 1310. The Morgan fingerprint density at radius 1 is 1.06 bits per heavy atom. The standard InChI is InChI=1S/C24H20ClN5O3/c25-18-5-3-4-16(14-18)15-29-12-13-30(24(29)32)23-27-20(22(26)31)21(33-23)17-6-8-19(9-7-17)28-10-1-2-11-28/h1-11,14H,12-13,15H2,(H2,26,31). The second-order valence-corrected chi connectivity index (χ2v) is 8.10. The molecule has 0 unspecified atom stereocenters. The topological polar surface area (TPSA) is 97.6 Å². The Labute approximate surface area is 194 Å². The number of hydrogen-bond acceptors (Lipinski definition) is 4. The van der Waals surface area contributed by atoms with Crippen molar-refractivity contribution in [3.63, 3.8) is 0 Å². The van der Waals surface area contributed by atoms with Gasteiger partial charge in [-0.3, -0.25) is 4.79 Å². The zero-order valence-electron chi connectivity index (χ0n) is 17.5. The van der Waals surface area contributed by atoms with E-state index < -0.39 is 5.91 Å². The summed E-state index contributed by atoms with van der Waals surface area (Å²) in [6.07, 6.45) is 3.87. The number of benzene rings is 2. The molecule has 0 bridgehead atoms. The van der Waals surface area contributed by atoms with Crippen molar-refractivity contribution in [1.82, 2.24) is 14.5 Å². The molecular formula is C24H20ClN5O3. The zero-order valence-corrected chi connectivity index (χ0v) is 18.3. The van der Waals surface area contributed by atoms with Crippen LogP contribution in [0.5, 0.6) is 0 Å². The van der Waals surface area contributed by atoms with E-state index in [4.69, 9.17) is 21.8 Å². The van der Waals surface area contributed by atoms with Crippen molar-refractivity contribution >= 4 is 29.6 Å². The highest BCUT2D eigenvalue weighted by Gasteiger charge is 2.34. The molecule has 0 saturated carbocycles. The summed E-state index contributed by atoms with van der Waals surface area (Å²) in [6, 6.07) is 18.5. The quantitative estimate of drug-likeness (QED) is 0.462. The van der Waals surface area contributed by atoms with Gasteiger partial charge < -0.3 is 19.6 Å². The Balaban J connectivity index is 1.40. The van der Waals surface area contributed by atoms with E-state index in [1.807, 2.05) is 71.6 Å². The van der Waals surface area contributed by atoms with Gasteiger partial charge in [0.05, 0.1) is 0 Å². The van der Waals surface area contributed by atoms with Crippen LogP contribution in [0.4, 0.5) is 10.8 Å². The first-order chi connectivity index (χ1) is 16.0. The van der Waals surface area contributed by atoms with Gasteiger partial charge in [-0.05, 0) is 54.1 Å². The lowest BCUT2D eigenvalue weighted by Gasteiger charge is -2.16. The molecule has 1 aliphatic heterocycles. The van der Waals surface area contributed by atoms with Crippen LogP contribution in [0.1, 0.15) is 16.1 Å². The van der Waals surface area contributed by atoms with Gasteiger partial charge in [-0.15, -0.1) is 0 Å². The van der Waals surface area contributed by atoms with Crippen LogP contribution in [-0.2, 0) is 6.54 Å². The molecule has 0 atom stereocenters. The van der Waals surface area contributed by atoms with E-state index in [0.717, 1.165) is 11.3 Å². The molecule has 33 heavy (non-hydrogen) atoms. The minimum atomic E-state index is -0.725. The van der Waals surface area contributed by atoms with Gasteiger partial charge >= 0.3 is 12.0 Å². The number of primary amides is 1. The number of hydrogen-bond donors (Lipinski definition) is 1. The molecule has 1 saturated heterocycles. The normalized spacial score (nSPS) is 13.7. The maximum atomic E-state index is 13.0. The first-order valence-electron chi connectivity index (χ1n) is 10.3. The van der Waals surface area contributed by atoms with Crippen LogP contribution >= 0.6 is 11.6 Å². The Kier molecular flexibility index (Phi) is 5.35. The number of carbonyl (C=O) groups excluding carboxylic acids is 2. The van der Waals surface area contributed by atoms with E-state index in [9.17, 15) is 9.59 Å². The lowest BCUT2D eigenvalue weighted by molar-refractivity contribution is 0.0996. The summed E-state index contributed by atoms with van der Waals surface area (Å²) in [5, 5.41) is 0.613. The Morgan fingerprint density at radius 3 is 2.52 bits per heavy atom. The number of anilines is 1. The molecule has 2 N–H and O–H groups in total. The van der Waals surface area contributed by atoms with E-state index in [1.165, 1.54) is 4.90 Å². The van der Waals surface area contributed by atoms with Gasteiger partial charge in [0.2, 0.25) is 0 Å². The van der Waals surface area contributed by atoms with Crippen LogP contribution in [0, 0.1) is 0 Å². The zero-order chi connectivity index (χ0) is 22.9. The van der Waals surface area contributed by atoms with Gasteiger partial charge in [-0.25, -0.2) is 9.69 Å². The molecule has 9 heteroatoms. The molecule has 1 fully saturated rings. The van der Waals surface area contributed by atoms with Crippen molar-refractivity contribution in [3.8, 4) is 17.0 Å². The van der Waals surface area contributed by atoms with Crippen LogP contribution in [0.3, 0.4) is 0 Å². The number of nitrogens with zero attached hydrogens (tertiary/aromatic N) is 4. The van der Waals surface area contributed by atoms with E-state index in [0.29, 0.717) is 30.2 Å². The third-order valence-electron chi connectivity index (χ3n) is 5.47. The number of aromatic nitrogens is 2. The number of urea groups is 1. The second-order valence-electron chi connectivity index (χ2n) is 7.66. The summed E-state index contributed by atoms with van der Waals surface area (Å²) in [7, 11) is 0.